The van der Waals surface area contributed by atoms with Crippen molar-refractivity contribution in [2.24, 2.45) is 0 Å². The number of morpholine rings is 1. The highest BCUT2D eigenvalue weighted by atomic mass is 32.1. The topological polar surface area (TPSA) is 51.7 Å². The molecular weight excluding hydrogens is 324 g/mol. The Hall–Kier alpha value is -2.18. The van der Waals surface area contributed by atoms with Gasteiger partial charge in [0, 0.05) is 30.1 Å². The number of rotatable bonds is 5. The van der Waals surface area contributed by atoms with Crippen LogP contribution in [-0.2, 0) is 16.1 Å². The fourth-order valence-corrected chi connectivity index (χ4v) is 3.02. The number of hydrogen-bond acceptors (Lipinski definition) is 5. The number of carbonyl (C=O) groups is 1. The molecule has 0 N–H and O–H groups in total. The zero-order valence-corrected chi connectivity index (χ0v) is 14.4. The highest BCUT2D eigenvalue weighted by molar-refractivity contribution is 7.09. The maximum Gasteiger partial charge on any atom is 0.246 e. The van der Waals surface area contributed by atoms with E-state index in [-0.39, 0.29) is 5.91 Å². The van der Waals surface area contributed by atoms with Crippen molar-refractivity contribution in [1.29, 1.82) is 0 Å². The van der Waals surface area contributed by atoms with E-state index in [0.29, 0.717) is 32.9 Å². The van der Waals surface area contributed by atoms with E-state index in [4.69, 9.17) is 9.47 Å². The smallest absolute Gasteiger partial charge is 0.246 e. The van der Waals surface area contributed by atoms with E-state index in [0.717, 1.165) is 22.0 Å². The van der Waals surface area contributed by atoms with Crippen molar-refractivity contribution >= 4 is 23.3 Å². The van der Waals surface area contributed by atoms with E-state index >= 15 is 0 Å². The molecule has 2 heterocycles. The lowest BCUT2D eigenvalue weighted by Crippen LogP contribution is -2.39. The highest BCUT2D eigenvalue weighted by Crippen LogP contribution is 2.21. The minimum Gasteiger partial charge on any atom is -0.487 e. The molecule has 24 heavy (non-hydrogen) atoms. The van der Waals surface area contributed by atoms with Gasteiger partial charge < -0.3 is 14.4 Å². The van der Waals surface area contributed by atoms with Gasteiger partial charge in [0.25, 0.3) is 0 Å². The molecule has 6 heteroatoms. The third-order valence-electron chi connectivity index (χ3n) is 3.69. The lowest BCUT2D eigenvalue weighted by Gasteiger charge is -2.25. The second-order valence-corrected chi connectivity index (χ2v) is 6.52. The molecule has 126 valence electrons. The number of thiazole rings is 1. The van der Waals surface area contributed by atoms with Crippen molar-refractivity contribution in [3.63, 3.8) is 0 Å². The van der Waals surface area contributed by atoms with Crippen molar-refractivity contribution in [1.82, 2.24) is 9.88 Å². The predicted octanol–water partition coefficient (Wildman–Crippen LogP) is 2.90. The van der Waals surface area contributed by atoms with Crippen molar-refractivity contribution in [3.05, 3.63) is 52.0 Å². The number of para-hydroxylation sites is 1. The average molecular weight is 344 g/mol. The molecule has 0 spiro atoms. The van der Waals surface area contributed by atoms with Crippen LogP contribution in [0.4, 0.5) is 0 Å². The molecule has 1 aliphatic heterocycles. The fraction of sp³-hybridized carbons (Fsp3) is 0.333. The Balaban J connectivity index is 1.64. The lowest BCUT2D eigenvalue weighted by molar-refractivity contribution is -0.129. The Kier molecular flexibility index (Phi) is 5.61. The summed E-state index contributed by atoms with van der Waals surface area (Å²) >= 11 is 1.61. The maximum atomic E-state index is 12.2. The summed E-state index contributed by atoms with van der Waals surface area (Å²) in [5, 5.41) is 3.02. The Morgan fingerprint density at radius 3 is 2.92 bits per heavy atom. The summed E-state index contributed by atoms with van der Waals surface area (Å²) in [5.74, 6) is 0.748. The first-order valence-electron chi connectivity index (χ1n) is 7.90. The van der Waals surface area contributed by atoms with Crippen LogP contribution in [0.1, 0.15) is 16.3 Å². The van der Waals surface area contributed by atoms with Gasteiger partial charge in [-0.15, -0.1) is 11.3 Å². The van der Waals surface area contributed by atoms with Gasteiger partial charge in [0.15, 0.2) is 0 Å². The zero-order valence-electron chi connectivity index (χ0n) is 13.6. The molecule has 5 nitrogen and oxygen atoms in total. The number of carbonyl (C=O) groups excluding carboxylic acids is 1. The summed E-state index contributed by atoms with van der Waals surface area (Å²) in [6.45, 7) is 4.89. The number of nitrogens with zero attached hydrogens (tertiary/aromatic N) is 2. The molecule has 1 fully saturated rings. The second-order valence-electron chi connectivity index (χ2n) is 5.46. The first-order chi connectivity index (χ1) is 11.7. The first kappa shape index (κ1) is 16.7. The standard InChI is InChI=1S/C18H20N2O3S/c1-14-19-16(13-24-14)12-23-17-5-3-2-4-15(17)6-7-18(21)20-8-10-22-11-9-20/h2-7,13H,8-12H2,1H3/b7-6+. The summed E-state index contributed by atoms with van der Waals surface area (Å²) in [5.41, 5.74) is 1.80. The zero-order chi connectivity index (χ0) is 16.8. The predicted molar refractivity (Wildman–Crippen MR) is 94.1 cm³/mol. The molecule has 1 amide bonds. The van der Waals surface area contributed by atoms with Gasteiger partial charge >= 0.3 is 0 Å². The molecule has 1 aromatic heterocycles. The van der Waals surface area contributed by atoms with Crippen molar-refractivity contribution in [2.45, 2.75) is 13.5 Å². The molecule has 0 saturated carbocycles. The molecule has 0 radical (unpaired) electrons. The van der Waals surface area contributed by atoms with Crippen LogP contribution in [0.25, 0.3) is 6.08 Å². The molecule has 1 saturated heterocycles. The third kappa shape index (κ3) is 4.43. The SMILES string of the molecule is Cc1nc(COc2ccccc2/C=C/C(=O)N2CCOCC2)cs1. The molecule has 0 aliphatic carbocycles. The maximum absolute atomic E-state index is 12.2. The fourth-order valence-electron chi connectivity index (χ4n) is 2.43. The van der Waals surface area contributed by atoms with Gasteiger partial charge in [-0.1, -0.05) is 18.2 Å². The first-order valence-corrected chi connectivity index (χ1v) is 8.78. The average Bonchev–Trinajstić information content (AvgIpc) is 3.04. The number of ether oxygens (including phenoxy) is 2. The van der Waals surface area contributed by atoms with Gasteiger partial charge in [-0.05, 0) is 19.1 Å². The Labute approximate surface area is 145 Å². The molecule has 0 bridgehead atoms. The summed E-state index contributed by atoms with van der Waals surface area (Å²) in [6.07, 6.45) is 3.40. The molecule has 0 unspecified atom stereocenters. The monoisotopic (exact) mass is 344 g/mol. The van der Waals surface area contributed by atoms with E-state index in [9.17, 15) is 4.79 Å². The largest absolute Gasteiger partial charge is 0.487 e. The van der Waals surface area contributed by atoms with Crippen molar-refractivity contribution in [3.8, 4) is 5.75 Å². The van der Waals surface area contributed by atoms with Crippen LogP contribution >= 0.6 is 11.3 Å². The quantitative estimate of drug-likeness (QED) is 0.783. The van der Waals surface area contributed by atoms with E-state index in [1.54, 1.807) is 28.4 Å². The van der Waals surface area contributed by atoms with Gasteiger partial charge in [0.2, 0.25) is 5.91 Å². The number of aromatic nitrogens is 1. The third-order valence-corrected chi connectivity index (χ3v) is 4.51. The van der Waals surface area contributed by atoms with Crippen LogP contribution in [0, 0.1) is 6.92 Å². The van der Waals surface area contributed by atoms with E-state index in [2.05, 4.69) is 4.98 Å². The summed E-state index contributed by atoms with van der Waals surface area (Å²) in [4.78, 5) is 18.4. The van der Waals surface area contributed by atoms with Gasteiger partial charge in [0.1, 0.15) is 12.4 Å². The Morgan fingerprint density at radius 1 is 1.38 bits per heavy atom. The minimum atomic E-state index is 0.00299. The van der Waals surface area contributed by atoms with Crippen LogP contribution in [0.2, 0.25) is 0 Å². The van der Waals surface area contributed by atoms with E-state index < -0.39 is 0 Å². The molecule has 0 atom stereocenters. The summed E-state index contributed by atoms with van der Waals surface area (Å²) in [6, 6.07) is 7.68. The molecule has 2 aromatic rings. The van der Waals surface area contributed by atoms with Crippen LogP contribution in [-0.4, -0.2) is 42.1 Å². The molecule has 3 rings (SSSR count). The molecule has 1 aromatic carbocycles. The van der Waals surface area contributed by atoms with Gasteiger partial charge in [-0.25, -0.2) is 4.98 Å². The highest BCUT2D eigenvalue weighted by Gasteiger charge is 2.14. The molecule has 1 aliphatic rings. The Bertz CT molecular complexity index is 721. The van der Waals surface area contributed by atoms with Gasteiger partial charge in [-0.2, -0.15) is 0 Å². The van der Waals surface area contributed by atoms with Gasteiger partial charge in [-0.3, -0.25) is 4.79 Å². The number of benzene rings is 1. The molecular formula is C18H20N2O3S. The minimum absolute atomic E-state index is 0.00299. The number of amides is 1. The summed E-state index contributed by atoms with van der Waals surface area (Å²) < 4.78 is 11.1. The van der Waals surface area contributed by atoms with Crippen LogP contribution < -0.4 is 4.74 Å². The van der Waals surface area contributed by atoms with E-state index in [1.165, 1.54) is 0 Å². The lowest BCUT2D eigenvalue weighted by atomic mass is 10.2. The van der Waals surface area contributed by atoms with Crippen molar-refractivity contribution < 1.29 is 14.3 Å². The van der Waals surface area contributed by atoms with Crippen LogP contribution in [0.5, 0.6) is 5.75 Å². The van der Waals surface area contributed by atoms with Crippen LogP contribution in [0.15, 0.2) is 35.7 Å². The van der Waals surface area contributed by atoms with Crippen molar-refractivity contribution in [2.75, 3.05) is 26.3 Å². The Morgan fingerprint density at radius 2 is 2.17 bits per heavy atom. The van der Waals surface area contributed by atoms with Crippen LogP contribution in [0.3, 0.4) is 0 Å². The normalized spacial score (nSPS) is 15.0. The second kappa shape index (κ2) is 8.08. The van der Waals surface area contributed by atoms with Gasteiger partial charge in [0.05, 0.1) is 23.9 Å². The number of hydrogen-bond donors (Lipinski definition) is 0. The summed E-state index contributed by atoms with van der Waals surface area (Å²) in [7, 11) is 0. The number of aryl methyl sites for hydroxylation is 1. The van der Waals surface area contributed by atoms with E-state index in [1.807, 2.05) is 36.6 Å².